The van der Waals surface area contributed by atoms with Crippen molar-refractivity contribution in [2.75, 3.05) is 19.6 Å². The van der Waals surface area contributed by atoms with Crippen LogP contribution >= 0.6 is 0 Å². The number of aromatic amines is 1. The first-order valence-electron chi connectivity index (χ1n) is 6.27. The summed E-state index contributed by atoms with van der Waals surface area (Å²) in [5, 5.41) is 2.70. The maximum absolute atomic E-state index is 11.6. The highest BCUT2D eigenvalue weighted by atomic mass is 16.2. The molecule has 2 amide bonds. The fraction of sp³-hybridized carbons (Fsp3) is 0.500. The van der Waals surface area contributed by atoms with E-state index in [2.05, 4.69) is 15.3 Å². The highest BCUT2D eigenvalue weighted by Gasteiger charge is 2.19. The number of rotatable bonds is 5. The summed E-state index contributed by atoms with van der Waals surface area (Å²) >= 11 is 0. The molecule has 7 nitrogen and oxygen atoms in total. The van der Waals surface area contributed by atoms with Gasteiger partial charge in [-0.25, -0.2) is 4.98 Å². The Morgan fingerprint density at radius 2 is 2.32 bits per heavy atom. The highest BCUT2D eigenvalue weighted by molar-refractivity contribution is 5.91. The molecule has 0 radical (unpaired) electrons. The maximum Gasteiger partial charge on any atom is 0.271 e. The minimum Gasteiger partial charge on any atom is -0.351 e. The normalized spacial score (nSPS) is 14.7. The molecule has 0 aromatic carbocycles. The number of H-pyrrole nitrogens is 1. The van der Waals surface area contributed by atoms with Gasteiger partial charge in [0.05, 0.1) is 6.20 Å². The Morgan fingerprint density at radius 1 is 1.47 bits per heavy atom. The number of hydrogen-bond acceptors (Lipinski definition) is 4. The Morgan fingerprint density at radius 3 is 2.95 bits per heavy atom. The molecular formula is C12H16N4O3. The lowest BCUT2D eigenvalue weighted by atomic mass is 10.3. The molecule has 2 N–H and O–H groups in total. The van der Waals surface area contributed by atoms with E-state index in [0.717, 1.165) is 19.2 Å². The number of nitrogens with one attached hydrogen (secondary N) is 2. The van der Waals surface area contributed by atoms with Crippen LogP contribution in [0.1, 0.15) is 29.8 Å². The van der Waals surface area contributed by atoms with E-state index in [4.69, 9.17) is 0 Å². The van der Waals surface area contributed by atoms with Crippen LogP contribution in [-0.2, 0) is 4.79 Å². The minimum absolute atomic E-state index is 0.178. The summed E-state index contributed by atoms with van der Waals surface area (Å²) in [6, 6.07) is 0. The second kappa shape index (κ2) is 6.12. The minimum atomic E-state index is -0.343. The predicted octanol–water partition coefficient (Wildman–Crippen LogP) is -0.488. The number of hydrogen-bond donors (Lipinski definition) is 2. The van der Waals surface area contributed by atoms with Crippen LogP contribution in [-0.4, -0.2) is 46.3 Å². The van der Waals surface area contributed by atoms with Crippen molar-refractivity contribution in [1.82, 2.24) is 20.2 Å². The molecule has 1 aromatic heterocycles. The van der Waals surface area contributed by atoms with E-state index < -0.39 is 0 Å². The van der Waals surface area contributed by atoms with Gasteiger partial charge in [-0.15, -0.1) is 0 Å². The summed E-state index contributed by atoms with van der Waals surface area (Å²) in [4.78, 5) is 41.7. The molecule has 1 aromatic rings. The van der Waals surface area contributed by atoms with Crippen LogP contribution in [0.5, 0.6) is 0 Å². The molecule has 0 aliphatic carbocycles. The topological polar surface area (TPSA) is 95.2 Å². The van der Waals surface area contributed by atoms with Crippen LogP contribution in [0.3, 0.4) is 0 Å². The van der Waals surface area contributed by atoms with Crippen molar-refractivity contribution >= 4 is 11.8 Å². The SMILES string of the molecule is O=C(NCCCN1CCCC1=O)c1c[nH]c(=O)cn1. The van der Waals surface area contributed by atoms with Gasteiger partial charge < -0.3 is 15.2 Å². The van der Waals surface area contributed by atoms with E-state index in [0.29, 0.717) is 25.9 Å². The van der Waals surface area contributed by atoms with Crippen molar-refractivity contribution in [3.8, 4) is 0 Å². The molecule has 2 heterocycles. The molecule has 0 spiro atoms. The van der Waals surface area contributed by atoms with Crippen LogP contribution in [0.15, 0.2) is 17.2 Å². The Kier molecular flexibility index (Phi) is 4.27. The summed E-state index contributed by atoms with van der Waals surface area (Å²) in [6.45, 7) is 1.95. The molecule has 0 bridgehead atoms. The first-order valence-corrected chi connectivity index (χ1v) is 6.27. The molecule has 1 aliphatic heterocycles. The van der Waals surface area contributed by atoms with Gasteiger partial charge in [-0.2, -0.15) is 0 Å². The summed E-state index contributed by atoms with van der Waals surface area (Å²) in [6.07, 6.45) is 4.61. The van der Waals surface area contributed by atoms with Crippen molar-refractivity contribution in [1.29, 1.82) is 0 Å². The third kappa shape index (κ3) is 3.64. The number of aromatic nitrogens is 2. The monoisotopic (exact) mass is 264 g/mol. The third-order valence-corrected chi connectivity index (χ3v) is 2.97. The van der Waals surface area contributed by atoms with Gasteiger partial charge in [-0.1, -0.05) is 0 Å². The Labute approximate surface area is 110 Å². The van der Waals surface area contributed by atoms with Gasteiger partial charge in [-0.05, 0) is 12.8 Å². The fourth-order valence-electron chi connectivity index (χ4n) is 1.97. The summed E-state index contributed by atoms with van der Waals surface area (Å²) in [7, 11) is 0. The molecule has 7 heteroatoms. The lowest BCUT2D eigenvalue weighted by Crippen LogP contribution is -2.31. The maximum atomic E-state index is 11.6. The quantitative estimate of drug-likeness (QED) is 0.702. The van der Waals surface area contributed by atoms with E-state index in [1.165, 1.54) is 6.20 Å². The van der Waals surface area contributed by atoms with Crippen molar-refractivity contribution < 1.29 is 9.59 Å². The van der Waals surface area contributed by atoms with Gasteiger partial charge in [0.2, 0.25) is 5.91 Å². The smallest absolute Gasteiger partial charge is 0.271 e. The van der Waals surface area contributed by atoms with Crippen LogP contribution in [0, 0.1) is 0 Å². The average Bonchev–Trinajstić information content (AvgIpc) is 2.81. The van der Waals surface area contributed by atoms with Crippen LogP contribution in [0.2, 0.25) is 0 Å². The van der Waals surface area contributed by atoms with Gasteiger partial charge in [-0.3, -0.25) is 14.4 Å². The molecule has 19 heavy (non-hydrogen) atoms. The first kappa shape index (κ1) is 13.3. The number of nitrogens with zero attached hydrogens (tertiary/aromatic N) is 2. The van der Waals surface area contributed by atoms with E-state index in [1.54, 1.807) is 0 Å². The molecule has 1 fully saturated rings. The van der Waals surface area contributed by atoms with E-state index >= 15 is 0 Å². The number of amides is 2. The second-order valence-electron chi connectivity index (χ2n) is 4.39. The van der Waals surface area contributed by atoms with Crippen molar-refractivity contribution in [3.05, 3.63) is 28.4 Å². The number of carbonyl (C=O) groups excluding carboxylic acids is 2. The molecule has 102 valence electrons. The van der Waals surface area contributed by atoms with Crippen molar-refractivity contribution in [3.63, 3.8) is 0 Å². The molecule has 0 unspecified atom stereocenters. The second-order valence-corrected chi connectivity index (χ2v) is 4.39. The zero-order valence-electron chi connectivity index (χ0n) is 10.5. The van der Waals surface area contributed by atoms with Gasteiger partial charge in [0.15, 0.2) is 0 Å². The molecule has 2 rings (SSSR count). The number of likely N-dealkylation sites (tertiary alicyclic amines) is 1. The van der Waals surface area contributed by atoms with E-state index in [-0.39, 0.29) is 23.1 Å². The predicted molar refractivity (Wildman–Crippen MR) is 67.6 cm³/mol. The van der Waals surface area contributed by atoms with Crippen molar-refractivity contribution in [2.24, 2.45) is 0 Å². The molecule has 0 atom stereocenters. The average molecular weight is 264 g/mol. The zero-order chi connectivity index (χ0) is 13.7. The molecule has 1 saturated heterocycles. The summed E-state index contributed by atoms with van der Waals surface area (Å²) in [5.74, 6) is -0.141. The third-order valence-electron chi connectivity index (χ3n) is 2.97. The van der Waals surface area contributed by atoms with Crippen LogP contribution < -0.4 is 10.9 Å². The Balaban J connectivity index is 1.70. The van der Waals surface area contributed by atoms with Gasteiger partial charge >= 0.3 is 0 Å². The molecule has 1 aliphatic rings. The van der Waals surface area contributed by atoms with E-state index in [9.17, 15) is 14.4 Å². The standard InChI is InChI=1S/C12H16N4O3/c17-10-8-14-9(7-15-10)12(19)13-4-2-6-16-5-1-3-11(16)18/h7-8H,1-6H2,(H,13,19)(H,15,17). The summed E-state index contributed by atoms with van der Waals surface area (Å²) < 4.78 is 0. The first-order chi connectivity index (χ1) is 9.16. The lowest BCUT2D eigenvalue weighted by molar-refractivity contribution is -0.127. The molecule has 0 saturated carbocycles. The van der Waals surface area contributed by atoms with Gasteiger partial charge in [0, 0.05) is 32.3 Å². The highest BCUT2D eigenvalue weighted by Crippen LogP contribution is 2.09. The lowest BCUT2D eigenvalue weighted by Gasteiger charge is -2.15. The largest absolute Gasteiger partial charge is 0.351 e. The molecular weight excluding hydrogens is 248 g/mol. The van der Waals surface area contributed by atoms with Crippen molar-refractivity contribution in [2.45, 2.75) is 19.3 Å². The summed E-state index contributed by atoms with van der Waals surface area (Å²) in [5.41, 5.74) is -0.166. The zero-order valence-corrected chi connectivity index (χ0v) is 10.5. The Hall–Kier alpha value is -2.18. The Bertz CT molecular complexity index is 505. The van der Waals surface area contributed by atoms with Gasteiger partial charge in [0.25, 0.3) is 11.5 Å². The van der Waals surface area contributed by atoms with Crippen LogP contribution in [0.25, 0.3) is 0 Å². The fourth-order valence-corrected chi connectivity index (χ4v) is 1.97. The van der Waals surface area contributed by atoms with Gasteiger partial charge in [0.1, 0.15) is 5.69 Å². The van der Waals surface area contributed by atoms with Crippen LogP contribution in [0.4, 0.5) is 0 Å². The van der Waals surface area contributed by atoms with E-state index in [1.807, 2.05) is 4.90 Å². The number of carbonyl (C=O) groups is 2.